The van der Waals surface area contributed by atoms with E-state index in [0.717, 1.165) is 17.6 Å². The minimum absolute atomic E-state index is 0.155. The monoisotopic (exact) mass is 369 g/mol. The molecule has 0 saturated heterocycles. The molecule has 0 saturated carbocycles. The molecule has 1 N–H and O–H groups in total. The van der Waals surface area contributed by atoms with Gasteiger partial charge in [0.05, 0.1) is 10.5 Å². The second-order valence-electron chi connectivity index (χ2n) is 6.08. The Hall–Kier alpha value is -3.35. The second-order valence-corrected chi connectivity index (χ2v) is 6.08. The SMILES string of the molecule is CCc1ccc(C(c2ccc(CC)o2)c2ccc([N+](=O)[O-])cc2C(=O)O)o1. The van der Waals surface area contributed by atoms with Crippen LogP contribution < -0.4 is 0 Å². The molecule has 0 aliphatic carbocycles. The maximum Gasteiger partial charge on any atom is 0.336 e. The van der Waals surface area contributed by atoms with Gasteiger partial charge in [-0.15, -0.1) is 0 Å². The first-order valence-corrected chi connectivity index (χ1v) is 8.63. The highest BCUT2D eigenvalue weighted by Crippen LogP contribution is 2.37. The molecule has 7 nitrogen and oxygen atoms in total. The Kier molecular flexibility index (Phi) is 5.12. The Bertz CT molecular complexity index is 942. The van der Waals surface area contributed by atoms with Gasteiger partial charge in [0.2, 0.25) is 0 Å². The van der Waals surface area contributed by atoms with Crippen LogP contribution in [0, 0.1) is 10.1 Å². The molecule has 3 aromatic rings. The van der Waals surface area contributed by atoms with Crippen LogP contribution in [0.2, 0.25) is 0 Å². The van der Waals surface area contributed by atoms with Crippen LogP contribution in [0.15, 0.2) is 51.3 Å². The number of nitro groups is 1. The van der Waals surface area contributed by atoms with Crippen molar-refractivity contribution in [3.05, 3.63) is 86.7 Å². The standard InChI is InChI=1S/C20H19NO6/c1-3-13-6-9-17(26-13)19(18-10-7-14(4-2)27-18)15-8-5-12(21(24)25)11-16(15)20(22)23/h5-11,19H,3-4H2,1-2H3,(H,22,23). The highest BCUT2D eigenvalue weighted by atomic mass is 16.6. The normalized spacial score (nSPS) is 11.1. The number of nitrogens with zero attached hydrogens (tertiary/aromatic N) is 1. The van der Waals surface area contributed by atoms with Crippen LogP contribution in [0.5, 0.6) is 0 Å². The number of hydrogen-bond donors (Lipinski definition) is 1. The summed E-state index contributed by atoms with van der Waals surface area (Å²) < 4.78 is 11.7. The number of carbonyl (C=O) groups is 1. The zero-order valence-electron chi connectivity index (χ0n) is 15.0. The summed E-state index contributed by atoms with van der Waals surface area (Å²) in [4.78, 5) is 22.2. The van der Waals surface area contributed by atoms with E-state index in [0.29, 0.717) is 29.9 Å². The molecule has 0 unspecified atom stereocenters. The lowest BCUT2D eigenvalue weighted by Gasteiger charge is -2.15. The molecule has 0 fully saturated rings. The maximum absolute atomic E-state index is 11.8. The Labute approximate surface area is 155 Å². The molecule has 0 aliphatic heterocycles. The van der Waals surface area contributed by atoms with Crippen LogP contribution >= 0.6 is 0 Å². The molecular weight excluding hydrogens is 350 g/mol. The Morgan fingerprint density at radius 3 is 2.00 bits per heavy atom. The lowest BCUT2D eigenvalue weighted by Crippen LogP contribution is -2.10. The molecule has 0 radical (unpaired) electrons. The number of carboxylic acids is 1. The summed E-state index contributed by atoms with van der Waals surface area (Å²) in [7, 11) is 0. The number of aryl methyl sites for hydroxylation is 2. The van der Waals surface area contributed by atoms with Crippen molar-refractivity contribution in [2.75, 3.05) is 0 Å². The van der Waals surface area contributed by atoms with Gasteiger partial charge in [0.1, 0.15) is 29.0 Å². The van der Waals surface area contributed by atoms with Gasteiger partial charge in [-0.1, -0.05) is 19.9 Å². The number of non-ortho nitro benzene ring substituents is 1. The van der Waals surface area contributed by atoms with Crippen LogP contribution in [-0.2, 0) is 12.8 Å². The molecular formula is C20H19NO6. The van der Waals surface area contributed by atoms with Crippen LogP contribution in [0.1, 0.15) is 58.7 Å². The summed E-state index contributed by atoms with van der Waals surface area (Å²) in [6.45, 7) is 3.91. The Balaban J connectivity index is 2.21. The van der Waals surface area contributed by atoms with Crippen molar-refractivity contribution < 1.29 is 23.7 Å². The summed E-state index contributed by atoms with van der Waals surface area (Å²) in [5.74, 6) is 0.716. The van der Waals surface area contributed by atoms with Gasteiger partial charge in [0.25, 0.3) is 5.69 Å². The molecule has 27 heavy (non-hydrogen) atoms. The summed E-state index contributed by atoms with van der Waals surface area (Å²) in [6.07, 6.45) is 1.38. The van der Waals surface area contributed by atoms with Crippen molar-refractivity contribution in [1.29, 1.82) is 0 Å². The first kappa shape index (κ1) is 18.4. The number of carboxylic acid groups (broad SMARTS) is 1. The molecule has 1 aromatic carbocycles. The predicted molar refractivity (Wildman–Crippen MR) is 97.2 cm³/mol. The zero-order valence-corrected chi connectivity index (χ0v) is 15.0. The quantitative estimate of drug-likeness (QED) is 0.474. The third kappa shape index (κ3) is 3.62. The smallest absolute Gasteiger partial charge is 0.336 e. The third-order valence-electron chi connectivity index (χ3n) is 4.42. The van der Waals surface area contributed by atoms with Crippen molar-refractivity contribution in [3.8, 4) is 0 Å². The average molecular weight is 369 g/mol. The van der Waals surface area contributed by atoms with E-state index in [9.17, 15) is 20.0 Å². The van der Waals surface area contributed by atoms with E-state index in [4.69, 9.17) is 8.83 Å². The number of rotatable bonds is 7. The van der Waals surface area contributed by atoms with Crippen molar-refractivity contribution in [2.24, 2.45) is 0 Å². The fourth-order valence-corrected chi connectivity index (χ4v) is 3.02. The van der Waals surface area contributed by atoms with Gasteiger partial charge in [-0.3, -0.25) is 10.1 Å². The molecule has 2 heterocycles. The molecule has 3 rings (SSSR count). The van der Waals surface area contributed by atoms with E-state index in [1.165, 1.54) is 12.1 Å². The van der Waals surface area contributed by atoms with Crippen LogP contribution in [-0.4, -0.2) is 16.0 Å². The van der Waals surface area contributed by atoms with Crippen molar-refractivity contribution in [2.45, 2.75) is 32.6 Å². The van der Waals surface area contributed by atoms with Crippen molar-refractivity contribution >= 4 is 11.7 Å². The molecule has 7 heteroatoms. The van der Waals surface area contributed by atoms with E-state index >= 15 is 0 Å². The van der Waals surface area contributed by atoms with Gasteiger partial charge in [-0.25, -0.2) is 4.79 Å². The first-order valence-electron chi connectivity index (χ1n) is 8.63. The number of aromatic carboxylic acids is 1. The largest absolute Gasteiger partial charge is 0.478 e. The summed E-state index contributed by atoms with van der Waals surface area (Å²) in [5, 5.41) is 20.7. The van der Waals surface area contributed by atoms with Crippen molar-refractivity contribution in [1.82, 2.24) is 0 Å². The molecule has 2 aromatic heterocycles. The fourth-order valence-electron chi connectivity index (χ4n) is 3.02. The van der Waals surface area contributed by atoms with Crippen LogP contribution in [0.3, 0.4) is 0 Å². The van der Waals surface area contributed by atoms with Crippen LogP contribution in [0.4, 0.5) is 5.69 Å². The Morgan fingerprint density at radius 2 is 1.59 bits per heavy atom. The number of hydrogen-bond acceptors (Lipinski definition) is 5. The Morgan fingerprint density at radius 1 is 1.04 bits per heavy atom. The lowest BCUT2D eigenvalue weighted by molar-refractivity contribution is -0.384. The number of nitro benzene ring substituents is 1. The van der Waals surface area contributed by atoms with Crippen molar-refractivity contribution in [3.63, 3.8) is 0 Å². The third-order valence-corrected chi connectivity index (χ3v) is 4.42. The van der Waals surface area contributed by atoms with Gasteiger partial charge in [0, 0.05) is 25.0 Å². The van der Waals surface area contributed by atoms with E-state index < -0.39 is 16.8 Å². The molecule has 0 atom stereocenters. The second kappa shape index (κ2) is 7.49. The van der Waals surface area contributed by atoms with Gasteiger partial charge in [-0.05, 0) is 29.8 Å². The van der Waals surface area contributed by atoms with Gasteiger partial charge in [0.15, 0.2) is 0 Å². The minimum Gasteiger partial charge on any atom is -0.478 e. The topological polar surface area (TPSA) is 107 Å². The maximum atomic E-state index is 11.8. The zero-order chi connectivity index (χ0) is 19.6. The predicted octanol–water partition coefficient (Wildman–Crippen LogP) is 4.78. The molecule has 140 valence electrons. The van der Waals surface area contributed by atoms with E-state index in [-0.39, 0.29) is 11.3 Å². The summed E-state index contributed by atoms with van der Waals surface area (Å²) >= 11 is 0. The van der Waals surface area contributed by atoms with E-state index in [1.54, 1.807) is 12.1 Å². The fraction of sp³-hybridized carbons (Fsp3) is 0.250. The minimum atomic E-state index is -1.25. The van der Waals surface area contributed by atoms with Gasteiger partial charge in [-0.2, -0.15) is 0 Å². The van der Waals surface area contributed by atoms with Gasteiger partial charge >= 0.3 is 5.97 Å². The lowest BCUT2D eigenvalue weighted by atomic mass is 9.89. The summed E-state index contributed by atoms with van der Waals surface area (Å²) in [5.41, 5.74) is -0.0579. The molecule has 0 aliphatic rings. The van der Waals surface area contributed by atoms with Gasteiger partial charge < -0.3 is 13.9 Å². The average Bonchev–Trinajstić information content (AvgIpc) is 3.31. The van der Waals surface area contributed by atoms with E-state index in [1.807, 2.05) is 26.0 Å². The highest BCUT2D eigenvalue weighted by Gasteiger charge is 2.29. The number of benzene rings is 1. The van der Waals surface area contributed by atoms with Crippen LogP contribution in [0.25, 0.3) is 0 Å². The number of furan rings is 2. The van der Waals surface area contributed by atoms with E-state index in [2.05, 4.69) is 0 Å². The first-order chi connectivity index (χ1) is 12.9. The highest BCUT2D eigenvalue weighted by molar-refractivity contribution is 5.91. The molecule has 0 bridgehead atoms. The molecule has 0 amide bonds. The summed E-state index contributed by atoms with van der Waals surface area (Å²) in [6, 6.07) is 11.0. The molecule has 0 spiro atoms.